The first-order valence-electron chi connectivity index (χ1n) is 12.8. The summed E-state index contributed by atoms with van der Waals surface area (Å²) < 4.78 is 22.5. The fourth-order valence-corrected chi connectivity index (χ4v) is 5.70. The van der Waals surface area contributed by atoms with Crippen molar-refractivity contribution in [3.05, 3.63) is 59.9 Å². The van der Waals surface area contributed by atoms with Gasteiger partial charge < -0.3 is 25.0 Å². The largest absolute Gasteiger partial charge is 0.508 e. The van der Waals surface area contributed by atoms with E-state index in [-0.39, 0.29) is 35.4 Å². The monoisotopic (exact) mass is 512 g/mol. The third-order valence-electron chi connectivity index (χ3n) is 7.45. The fourth-order valence-electron chi connectivity index (χ4n) is 5.70. The number of anilines is 1. The smallest absolute Gasteiger partial charge is 0.324 e. The van der Waals surface area contributed by atoms with E-state index in [0.29, 0.717) is 29.9 Å². The maximum absolute atomic E-state index is 16.3. The van der Waals surface area contributed by atoms with Gasteiger partial charge in [-0.2, -0.15) is 9.97 Å². The first kappa shape index (κ1) is 22.7. The molecule has 2 aromatic heterocycles. The molecule has 0 saturated carbocycles. The number of pyridine rings is 1. The van der Waals surface area contributed by atoms with Crippen LogP contribution in [0.2, 0.25) is 0 Å². The molecular weight excluding hydrogens is 487 g/mol. The quantitative estimate of drug-likeness (QED) is 0.427. The summed E-state index contributed by atoms with van der Waals surface area (Å²) in [5.74, 6) is 0.467. The predicted molar refractivity (Wildman–Crippen MR) is 140 cm³/mol. The van der Waals surface area contributed by atoms with Crippen LogP contribution in [0.5, 0.6) is 11.8 Å². The number of ether oxygens (including phenoxy) is 1. The maximum atomic E-state index is 16.3. The Hall–Kier alpha value is -4.47. The van der Waals surface area contributed by atoms with E-state index in [1.165, 1.54) is 12.3 Å². The van der Waals surface area contributed by atoms with E-state index in [2.05, 4.69) is 25.2 Å². The van der Waals surface area contributed by atoms with E-state index in [0.717, 1.165) is 54.6 Å². The lowest BCUT2D eigenvalue weighted by Gasteiger charge is -2.28. The minimum Gasteiger partial charge on any atom is -0.508 e. The standard InChI is InChI=1S/C28H25FN6O3/c29-24-25(19-13-17(36)12-16-4-1-2-5-18(16)19)31-14-20-26(24)32-28(33-27(20)35-11-8-30-23(37)15-35)38-22-7-10-34-9-3-6-21(22)34/h1-2,4-5,12-14,36H,3,6-11,15H2,(H,30,37). The Kier molecular flexibility index (Phi) is 5.27. The van der Waals surface area contributed by atoms with Gasteiger partial charge in [-0.25, -0.2) is 4.39 Å². The Balaban J connectivity index is 1.41. The van der Waals surface area contributed by atoms with E-state index in [4.69, 9.17) is 4.74 Å². The minimum absolute atomic E-state index is 0.0162. The molecule has 0 spiro atoms. The summed E-state index contributed by atoms with van der Waals surface area (Å²) in [5, 5.41) is 15.1. The molecule has 4 aromatic rings. The third-order valence-corrected chi connectivity index (χ3v) is 7.45. The van der Waals surface area contributed by atoms with Crippen molar-refractivity contribution >= 4 is 33.4 Å². The molecule has 2 saturated heterocycles. The number of fused-ring (bicyclic) bond motifs is 3. The molecule has 0 bridgehead atoms. The van der Waals surface area contributed by atoms with Crippen molar-refractivity contribution in [2.75, 3.05) is 37.6 Å². The van der Waals surface area contributed by atoms with Crippen molar-refractivity contribution in [2.45, 2.75) is 19.3 Å². The number of carbonyl (C=O) groups is 1. The van der Waals surface area contributed by atoms with E-state index >= 15 is 4.39 Å². The second kappa shape index (κ2) is 8.83. The number of hydrogen-bond acceptors (Lipinski definition) is 8. The molecule has 192 valence electrons. The number of nitrogens with one attached hydrogen (secondary N) is 1. The van der Waals surface area contributed by atoms with Gasteiger partial charge in [0.15, 0.2) is 5.82 Å². The topological polar surface area (TPSA) is 104 Å². The zero-order chi connectivity index (χ0) is 25.8. The van der Waals surface area contributed by atoms with Gasteiger partial charge in [0.05, 0.1) is 17.6 Å². The molecule has 5 heterocycles. The van der Waals surface area contributed by atoms with Crippen molar-refractivity contribution in [1.29, 1.82) is 0 Å². The van der Waals surface area contributed by atoms with Gasteiger partial charge in [-0.15, -0.1) is 0 Å². The van der Waals surface area contributed by atoms with Crippen molar-refractivity contribution in [3.8, 4) is 23.0 Å². The van der Waals surface area contributed by atoms with E-state index in [1.807, 2.05) is 24.3 Å². The molecule has 38 heavy (non-hydrogen) atoms. The third kappa shape index (κ3) is 3.75. The normalized spacial score (nSPS) is 17.4. The number of benzene rings is 2. The Morgan fingerprint density at radius 3 is 2.82 bits per heavy atom. The summed E-state index contributed by atoms with van der Waals surface area (Å²) in [4.78, 5) is 29.9. The number of halogens is 1. The van der Waals surface area contributed by atoms with Crippen LogP contribution >= 0.6 is 0 Å². The lowest BCUT2D eigenvalue weighted by atomic mass is 10.0. The highest BCUT2D eigenvalue weighted by atomic mass is 19.1. The number of carbonyl (C=O) groups excluding carboxylic acids is 1. The van der Waals surface area contributed by atoms with Crippen molar-refractivity contribution in [2.24, 2.45) is 0 Å². The van der Waals surface area contributed by atoms with Gasteiger partial charge in [0.25, 0.3) is 0 Å². The highest BCUT2D eigenvalue weighted by molar-refractivity contribution is 6.00. The van der Waals surface area contributed by atoms with Crippen LogP contribution in [0.25, 0.3) is 32.9 Å². The van der Waals surface area contributed by atoms with Crippen LogP contribution < -0.4 is 15.0 Å². The number of phenolic OH excluding ortho intramolecular Hbond substituents is 1. The highest BCUT2D eigenvalue weighted by Crippen LogP contribution is 2.38. The first-order chi connectivity index (χ1) is 18.5. The van der Waals surface area contributed by atoms with Gasteiger partial charge in [0.2, 0.25) is 5.91 Å². The lowest BCUT2D eigenvalue weighted by molar-refractivity contribution is -0.120. The number of rotatable bonds is 4. The molecule has 10 heteroatoms. The van der Waals surface area contributed by atoms with Crippen LogP contribution in [0, 0.1) is 5.82 Å². The number of hydrogen-bond donors (Lipinski definition) is 2. The summed E-state index contributed by atoms with van der Waals surface area (Å²) in [7, 11) is 0. The number of nitrogens with zero attached hydrogens (tertiary/aromatic N) is 5. The molecule has 0 radical (unpaired) electrons. The zero-order valence-electron chi connectivity index (χ0n) is 20.6. The number of phenols is 1. The van der Waals surface area contributed by atoms with Crippen molar-refractivity contribution in [3.63, 3.8) is 0 Å². The second-order valence-electron chi connectivity index (χ2n) is 9.81. The number of amides is 1. The zero-order valence-corrected chi connectivity index (χ0v) is 20.6. The van der Waals surface area contributed by atoms with Gasteiger partial charge in [-0.05, 0) is 35.7 Å². The summed E-state index contributed by atoms with van der Waals surface area (Å²) in [6.45, 7) is 2.96. The molecule has 2 aromatic carbocycles. The number of aromatic hydroxyl groups is 1. The SMILES string of the molecule is O=C1CN(c2nc(OC3=C4CCCN4CC3)nc3c(F)c(-c4cc(O)cc5ccccc45)ncc23)CCN1. The highest BCUT2D eigenvalue weighted by Gasteiger charge is 2.30. The van der Waals surface area contributed by atoms with Gasteiger partial charge in [-0.3, -0.25) is 9.78 Å². The Labute approximate surface area is 217 Å². The average molecular weight is 513 g/mol. The van der Waals surface area contributed by atoms with Crippen LogP contribution in [-0.4, -0.2) is 63.6 Å². The number of aromatic nitrogens is 3. The summed E-state index contributed by atoms with van der Waals surface area (Å²) in [6.07, 6.45) is 4.30. The molecule has 2 N–H and O–H groups in total. The summed E-state index contributed by atoms with van der Waals surface area (Å²) in [6, 6.07) is 10.6. The van der Waals surface area contributed by atoms with Crippen molar-refractivity contribution < 1.29 is 19.0 Å². The molecule has 0 unspecified atom stereocenters. The molecule has 0 aliphatic carbocycles. The van der Waals surface area contributed by atoms with E-state index < -0.39 is 5.82 Å². The van der Waals surface area contributed by atoms with Crippen LogP contribution in [0.15, 0.2) is 54.1 Å². The number of allylic oxidation sites excluding steroid dienone is 1. The molecule has 3 aliphatic heterocycles. The fraction of sp³-hybridized carbons (Fsp3) is 0.286. The summed E-state index contributed by atoms with van der Waals surface area (Å²) in [5.41, 5.74) is 1.75. The van der Waals surface area contributed by atoms with Gasteiger partial charge in [-0.1, -0.05) is 24.3 Å². The minimum atomic E-state index is -0.639. The van der Waals surface area contributed by atoms with Gasteiger partial charge in [0, 0.05) is 44.4 Å². The first-order valence-corrected chi connectivity index (χ1v) is 12.8. The summed E-state index contributed by atoms with van der Waals surface area (Å²) >= 11 is 0. The molecule has 1 amide bonds. The Morgan fingerprint density at radius 2 is 1.92 bits per heavy atom. The molecule has 3 aliphatic rings. The molecule has 9 nitrogen and oxygen atoms in total. The predicted octanol–water partition coefficient (Wildman–Crippen LogP) is 3.72. The second-order valence-corrected chi connectivity index (χ2v) is 9.81. The Morgan fingerprint density at radius 1 is 1.03 bits per heavy atom. The molecule has 7 rings (SSSR count). The van der Waals surface area contributed by atoms with Gasteiger partial charge >= 0.3 is 6.01 Å². The maximum Gasteiger partial charge on any atom is 0.324 e. The van der Waals surface area contributed by atoms with Crippen LogP contribution in [0.4, 0.5) is 10.2 Å². The van der Waals surface area contributed by atoms with E-state index in [1.54, 1.807) is 11.0 Å². The number of piperazine rings is 1. The van der Waals surface area contributed by atoms with Crippen LogP contribution in [0.3, 0.4) is 0 Å². The lowest BCUT2D eigenvalue weighted by Crippen LogP contribution is -2.48. The molecule has 0 atom stereocenters. The Bertz CT molecular complexity index is 1660. The van der Waals surface area contributed by atoms with Gasteiger partial charge in [0.1, 0.15) is 28.5 Å². The average Bonchev–Trinajstić information content (AvgIpc) is 3.54. The van der Waals surface area contributed by atoms with E-state index in [9.17, 15) is 9.90 Å². The molecule has 2 fully saturated rings. The molecular formula is C28H25FN6O3. The van der Waals surface area contributed by atoms with Crippen LogP contribution in [0.1, 0.15) is 19.3 Å². The van der Waals surface area contributed by atoms with Crippen molar-refractivity contribution in [1.82, 2.24) is 25.2 Å². The van der Waals surface area contributed by atoms with Crippen LogP contribution in [-0.2, 0) is 4.79 Å².